The van der Waals surface area contributed by atoms with Crippen LogP contribution in [0.15, 0.2) is 53.4 Å². The van der Waals surface area contributed by atoms with Crippen LogP contribution >= 0.6 is 0 Å². The molecule has 31 heavy (non-hydrogen) atoms. The first-order chi connectivity index (χ1) is 14.8. The number of aliphatic hydroxyl groups is 1. The highest BCUT2D eigenvalue weighted by Gasteiger charge is 2.33. The lowest BCUT2D eigenvalue weighted by molar-refractivity contribution is -0.384. The summed E-state index contributed by atoms with van der Waals surface area (Å²) in [4.78, 5) is 22.7. The highest BCUT2D eigenvalue weighted by molar-refractivity contribution is 7.90. The monoisotopic (exact) mass is 449 g/mol. The van der Waals surface area contributed by atoms with Crippen LogP contribution < -0.4 is 10.0 Å². The Bertz CT molecular complexity index is 1050. The molecule has 1 heterocycles. The summed E-state index contributed by atoms with van der Waals surface area (Å²) in [5, 5.41) is 24.3. The number of carbonyl (C=O) groups excluding carboxylic acids is 1. The van der Waals surface area contributed by atoms with Gasteiger partial charge in [-0.1, -0.05) is 18.2 Å². The molecule has 1 aliphatic heterocycles. The van der Waals surface area contributed by atoms with Gasteiger partial charge < -0.3 is 15.2 Å². The summed E-state index contributed by atoms with van der Waals surface area (Å²) in [7, 11) is -4.32. The van der Waals surface area contributed by atoms with Crippen molar-refractivity contribution < 1.29 is 28.0 Å². The maximum absolute atomic E-state index is 12.6. The van der Waals surface area contributed by atoms with Gasteiger partial charge in [0.25, 0.3) is 21.6 Å². The van der Waals surface area contributed by atoms with Crippen LogP contribution in [-0.4, -0.2) is 50.7 Å². The van der Waals surface area contributed by atoms with Gasteiger partial charge in [0.2, 0.25) is 0 Å². The Hall–Kier alpha value is -3.02. The van der Waals surface area contributed by atoms with Gasteiger partial charge in [0.05, 0.1) is 16.4 Å². The van der Waals surface area contributed by atoms with Crippen molar-refractivity contribution in [3.05, 3.63) is 64.2 Å². The van der Waals surface area contributed by atoms with Crippen molar-refractivity contribution in [2.75, 3.05) is 31.7 Å². The Balaban J connectivity index is 1.81. The first-order valence-corrected chi connectivity index (χ1v) is 11.1. The summed E-state index contributed by atoms with van der Waals surface area (Å²) in [6.07, 6.45) is 1.20. The molecule has 10 nitrogen and oxygen atoms in total. The van der Waals surface area contributed by atoms with E-state index in [4.69, 9.17) is 4.74 Å². The van der Waals surface area contributed by atoms with Crippen LogP contribution in [0.1, 0.15) is 23.2 Å². The molecule has 0 bridgehead atoms. The number of nitrogens with one attached hydrogen (secondary N) is 2. The number of aliphatic hydroxyl groups excluding tert-OH is 1. The number of nitro benzene ring substituents is 1. The summed E-state index contributed by atoms with van der Waals surface area (Å²) in [5.41, 5.74) is -0.655. The number of hydrogen-bond acceptors (Lipinski definition) is 8. The molecule has 166 valence electrons. The van der Waals surface area contributed by atoms with Crippen molar-refractivity contribution in [3.8, 4) is 0 Å². The van der Waals surface area contributed by atoms with E-state index in [2.05, 4.69) is 5.32 Å². The number of hydrogen-bond donors (Lipinski definition) is 3. The molecule has 0 spiro atoms. The van der Waals surface area contributed by atoms with Gasteiger partial charge in [-0.2, -0.15) is 0 Å². The smallest absolute Gasteiger partial charge is 0.293 e. The Kier molecular flexibility index (Phi) is 6.88. The van der Waals surface area contributed by atoms with E-state index in [0.29, 0.717) is 26.1 Å². The molecule has 1 saturated heterocycles. The summed E-state index contributed by atoms with van der Waals surface area (Å²) in [5.74, 6) is -0.838. The molecule has 1 fully saturated rings. The summed E-state index contributed by atoms with van der Waals surface area (Å²) in [6.45, 7) is 1.14. The van der Waals surface area contributed by atoms with Crippen LogP contribution in [0.3, 0.4) is 0 Å². The van der Waals surface area contributed by atoms with Crippen LogP contribution in [0.2, 0.25) is 0 Å². The molecule has 0 aliphatic carbocycles. The largest absolute Gasteiger partial charge is 0.396 e. The lowest BCUT2D eigenvalue weighted by Gasteiger charge is -2.35. The maximum atomic E-state index is 12.6. The Morgan fingerprint density at radius 2 is 1.84 bits per heavy atom. The van der Waals surface area contributed by atoms with Gasteiger partial charge in [0.1, 0.15) is 5.69 Å². The number of nitro groups is 1. The quantitative estimate of drug-likeness (QED) is 0.409. The molecule has 0 aromatic heterocycles. The number of anilines is 1. The average molecular weight is 449 g/mol. The minimum Gasteiger partial charge on any atom is -0.396 e. The molecule has 0 radical (unpaired) electrons. The molecule has 11 heteroatoms. The predicted octanol–water partition coefficient (Wildman–Crippen LogP) is 1.91. The number of sulfonamides is 1. The molecule has 3 rings (SSSR count). The summed E-state index contributed by atoms with van der Waals surface area (Å²) < 4.78 is 32.4. The molecular weight excluding hydrogens is 426 g/mol. The predicted molar refractivity (Wildman–Crippen MR) is 112 cm³/mol. The van der Waals surface area contributed by atoms with Crippen LogP contribution in [-0.2, 0) is 14.8 Å². The third kappa shape index (κ3) is 5.37. The number of rotatable bonds is 8. The minimum absolute atomic E-state index is 0.102. The molecular formula is C20H23N3O7S. The van der Waals surface area contributed by atoms with E-state index in [1.165, 1.54) is 24.3 Å². The Morgan fingerprint density at radius 3 is 2.45 bits per heavy atom. The topological polar surface area (TPSA) is 148 Å². The van der Waals surface area contributed by atoms with Gasteiger partial charge in [0.15, 0.2) is 0 Å². The number of carbonyl (C=O) groups is 1. The number of nitrogens with zero attached hydrogens (tertiary/aromatic N) is 1. The highest BCUT2D eigenvalue weighted by Crippen LogP contribution is 2.33. The molecule has 2 aromatic carbocycles. The second kappa shape index (κ2) is 9.41. The minimum atomic E-state index is -4.32. The molecule has 1 amide bonds. The Labute approximate surface area is 179 Å². The first kappa shape index (κ1) is 22.7. The van der Waals surface area contributed by atoms with Gasteiger partial charge in [0, 0.05) is 36.8 Å². The van der Waals surface area contributed by atoms with Crippen LogP contribution in [0.25, 0.3) is 0 Å². The average Bonchev–Trinajstić information content (AvgIpc) is 2.78. The van der Waals surface area contributed by atoms with Crippen molar-refractivity contribution in [3.63, 3.8) is 0 Å². The fraction of sp³-hybridized carbons (Fsp3) is 0.350. The lowest BCUT2D eigenvalue weighted by atomic mass is 9.81. The van der Waals surface area contributed by atoms with E-state index in [-0.39, 0.29) is 24.4 Å². The molecule has 0 atom stereocenters. The highest BCUT2D eigenvalue weighted by atomic mass is 32.2. The maximum Gasteiger partial charge on any atom is 0.293 e. The van der Waals surface area contributed by atoms with E-state index < -0.39 is 36.9 Å². The standard InChI is InChI=1S/C20H23N3O7S/c24-14-20(8-10-30-11-9-20)13-21-17-7-6-16(12-18(17)23(26)27)31(28,29)22-19(25)15-4-2-1-3-5-15/h1-7,12,21,24H,8-11,13-14H2,(H,22,25). The van der Waals surface area contributed by atoms with Gasteiger partial charge in [-0.05, 0) is 37.1 Å². The number of benzene rings is 2. The third-order valence-corrected chi connectivity index (χ3v) is 6.61. The van der Waals surface area contributed by atoms with Gasteiger partial charge in [-0.25, -0.2) is 13.1 Å². The second-order valence-corrected chi connectivity index (χ2v) is 9.04. The third-order valence-electron chi connectivity index (χ3n) is 5.28. The van der Waals surface area contributed by atoms with E-state index in [1.807, 2.05) is 4.72 Å². The van der Waals surface area contributed by atoms with E-state index >= 15 is 0 Å². The van der Waals surface area contributed by atoms with Crippen molar-refractivity contribution in [1.82, 2.24) is 4.72 Å². The lowest BCUT2D eigenvalue weighted by Crippen LogP contribution is -2.39. The fourth-order valence-corrected chi connectivity index (χ4v) is 4.28. The fourth-order valence-electron chi connectivity index (χ4n) is 3.29. The molecule has 0 unspecified atom stereocenters. The van der Waals surface area contributed by atoms with Crippen LogP contribution in [0, 0.1) is 15.5 Å². The van der Waals surface area contributed by atoms with Crippen molar-refractivity contribution in [2.45, 2.75) is 17.7 Å². The zero-order chi connectivity index (χ0) is 22.5. The molecule has 2 aromatic rings. The normalized spacial score (nSPS) is 15.8. The van der Waals surface area contributed by atoms with Gasteiger partial charge in [-0.15, -0.1) is 0 Å². The Morgan fingerprint density at radius 1 is 1.16 bits per heavy atom. The van der Waals surface area contributed by atoms with Crippen LogP contribution in [0.5, 0.6) is 0 Å². The van der Waals surface area contributed by atoms with Crippen molar-refractivity contribution >= 4 is 27.3 Å². The molecule has 3 N–H and O–H groups in total. The summed E-state index contributed by atoms with van der Waals surface area (Å²) in [6, 6.07) is 11.1. The summed E-state index contributed by atoms with van der Waals surface area (Å²) >= 11 is 0. The van der Waals surface area contributed by atoms with E-state index in [9.17, 15) is 28.4 Å². The second-order valence-electron chi connectivity index (χ2n) is 7.36. The van der Waals surface area contributed by atoms with Crippen LogP contribution in [0.4, 0.5) is 11.4 Å². The molecule has 0 saturated carbocycles. The zero-order valence-corrected chi connectivity index (χ0v) is 17.4. The number of ether oxygens (including phenoxy) is 1. The first-order valence-electron chi connectivity index (χ1n) is 9.59. The molecule has 1 aliphatic rings. The van der Waals surface area contributed by atoms with E-state index in [1.54, 1.807) is 18.2 Å². The van der Waals surface area contributed by atoms with Gasteiger partial charge >= 0.3 is 0 Å². The number of amides is 1. The van der Waals surface area contributed by atoms with Crippen molar-refractivity contribution in [2.24, 2.45) is 5.41 Å². The van der Waals surface area contributed by atoms with Crippen molar-refractivity contribution in [1.29, 1.82) is 0 Å². The zero-order valence-electron chi connectivity index (χ0n) is 16.6. The van der Waals surface area contributed by atoms with Gasteiger partial charge in [-0.3, -0.25) is 14.9 Å². The van der Waals surface area contributed by atoms with E-state index in [0.717, 1.165) is 6.07 Å². The SMILES string of the molecule is O=C(NS(=O)(=O)c1ccc(NCC2(CO)CCOCC2)c([N+](=O)[O-])c1)c1ccccc1.